The van der Waals surface area contributed by atoms with Crippen LogP contribution < -0.4 is 20.2 Å². The van der Waals surface area contributed by atoms with Crippen LogP contribution in [0.1, 0.15) is 34.0 Å². The Morgan fingerprint density at radius 3 is 2.14 bits per heavy atom. The molecule has 218 valence electrons. The number of methoxy groups -OCH3 is 1. The third-order valence-electron chi connectivity index (χ3n) is 6.63. The van der Waals surface area contributed by atoms with Crippen molar-refractivity contribution in [3.63, 3.8) is 0 Å². The molecular formula is C33H33Cl2N3O4. The molecule has 0 aliphatic carbocycles. The number of amides is 2. The van der Waals surface area contributed by atoms with Gasteiger partial charge >= 0.3 is 0 Å². The number of benzene rings is 4. The Hall–Kier alpha value is -4.20. The average molecular weight is 607 g/mol. The van der Waals surface area contributed by atoms with E-state index in [0.717, 1.165) is 16.8 Å². The number of carbonyl (C=O) groups is 2. The van der Waals surface area contributed by atoms with Crippen LogP contribution in [-0.2, 0) is 17.8 Å². The number of aryl methyl sites for hydroxylation is 1. The Morgan fingerprint density at radius 1 is 0.881 bits per heavy atom. The van der Waals surface area contributed by atoms with Gasteiger partial charge in [0.1, 0.15) is 24.1 Å². The molecule has 2 N–H and O–H groups in total. The van der Waals surface area contributed by atoms with Crippen LogP contribution in [0.4, 0.5) is 5.69 Å². The van der Waals surface area contributed by atoms with Crippen molar-refractivity contribution >= 4 is 40.7 Å². The van der Waals surface area contributed by atoms with Crippen LogP contribution in [0.5, 0.6) is 11.5 Å². The lowest BCUT2D eigenvalue weighted by molar-refractivity contribution is -0.131. The summed E-state index contributed by atoms with van der Waals surface area (Å²) in [4.78, 5) is 27.0. The number of carbonyl (C=O) groups excluding carboxylic acids is 2. The number of ether oxygens (including phenoxy) is 2. The lowest BCUT2D eigenvalue weighted by Gasteiger charge is -2.28. The third-order valence-corrected chi connectivity index (χ3v) is 7.34. The van der Waals surface area contributed by atoms with Crippen molar-refractivity contribution in [1.29, 1.82) is 0 Å². The first-order valence-electron chi connectivity index (χ1n) is 13.5. The van der Waals surface area contributed by atoms with Gasteiger partial charge in [-0.3, -0.25) is 20.0 Å². The van der Waals surface area contributed by atoms with Gasteiger partial charge in [-0.25, -0.2) is 0 Å². The molecule has 0 bridgehead atoms. The summed E-state index contributed by atoms with van der Waals surface area (Å²) in [5.74, 6) is 0.732. The van der Waals surface area contributed by atoms with E-state index in [-0.39, 0.29) is 24.8 Å². The lowest BCUT2D eigenvalue weighted by Crippen LogP contribution is -2.51. The topological polar surface area (TPSA) is 79.9 Å². The van der Waals surface area contributed by atoms with Crippen molar-refractivity contribution in [2.75, 3.05) is 19.1 Å². The van der Waals surface area contributed by atoms with Gasteiger partial charge < -0.3 is 14.8 Å². The van der Waals surface area contributed by atoms with Gasteiger partial charge in [0.25, 0.3) is 11.8 Å². The SMILES string of the molecule is CCN(Nc1ccc(OC)cc1)C(=O)C(Cc1ccc(OCc2c(Cl)cccc2Cl)cc1)NC(=O)c1cccc(C)c1. The highest BCUT2D eigenvalue weighted by atomic mass is 35.5. The van der Waals surface area contributed by atoms with Gasteiger partial charge in [-0.05, 0) is 80.1 Å². The molecule has 0 saturated carbocycles. The van der Waals surface area contributed by atoms with Crippen LogP contribution >= 0.6 is 23.2 Å². The molecule has 0 heterocycles. The highest BCUT2D eigenvalue weighted by Crippen LogP contribution is 2.26. The molecule has 7 nitrogen and oxygen atoms in total. The van der Waals surface area contributed by atoms with Crippen molar-refractivity contribution in [2.45, 2.75) is 32.9 Å². The lowest BCUT2D eigenvalue weighted by atomic mass is 10.0. The molecular weight excluding hydrogens is 573 g/mol. The molecule has 9 heteroatoms. The number of halogens is 2. The van der Waals surface area contributed by atoms with E-state index in [4.69, 9.17) is 32.7 Å². The first-order chi connectivity index (χ1) is 20.3. The normalized spacial score (nSPS) is 11.4. The molecule has 0 saturated heterocycles. The summed E-state index contributed by atoms with van der Waals surface area (Å²) in [6.45, 7) is 4.37. The van der Waals surface area contributed by atoms with E-state index < -0.39 is 6.04 Å². The van der Waals surface area contributed by atoms with E-state index in [1.54, 1.807) is 49.6 Å². The molecule has 0 aromatic heterocycles. The Balaban J connectivity index is 1.51. The largest absolute Gasteiger partial charge is 0.497 e. The number of anilines is 1. The van der Waals surface area contributed by atoms with Gasteiger partial charge in [0.15, 0.2) is 0 Å². The summed E-state index contributed by atoms with van der Waals surface area (Å²) < 4.78 is 11.1. The highest BCUT2D eigenvalue weighted by Gasteiger charge is 2.26. The molecule has 0 spiro atoms. The second-order valence-corrected chi connectivity index (χ2v) is 10.5. The zero-order valence-electron chi connectivity index (χ0n) is 23.7. The molecule has 0 radical (unpaired) electrons. The molecule has 0 aliphatic rings. The third kappa shape index (κ3) is 8.18. The number of hydrogen-bond donors (Lipinski definition) is 2. The van der Waals surface area contributed by atoms with Crippen LogP contribution in [-0.4, -0.2) is 36.5 Å². The van der Waals surface area contributed by atoms with Crippen LogP contribution in [0.2, 0.25) is 10.0 Å². The Labute approximate surface area is 256 Å². The molecule has 4 aromatic rings. The van der Waals surface area contributed by atoms with E-state index in [1.807, 2.05) is 62.4 Å². The van der Waals surface area contributed by atoms with E-state index in [9.17, 15) is 9.59 Å². The molecule has 4 aromatic carbocycles. The van der Waals surface area contributed by atoms with Crippen LogP contribution in [0, 0.1) is 6.92 Å². The smallest absolute Gasteiger partial charge is 0.263 e. The van der Waals surface area contributed by atoms with Crippen molar-refractivity contribution < 1.29 is 19.1 Å². The summed E-state index contributed by atoms with van der Waals surface area (Å²) in [5, 5.41) is 5.52. The highest BCUT2D eigenvalue weighted by molar-refractivity contribution is 6.35. The van der Waals surface area contributed by atoms with Crippen molar-refractivity contribution in [3.8, 4) is 11.5 Å². The zero-order valence-corrected chi connectivity index (χ0v) is 25.2. The Kier molecular flexibility index (Phi) is 10.7. The van der Waals surface area contributed by atoms with Gasteiger partial charge in [0.05, 0.1) is 12.8 Å². The second-order valence-electron chi connectivity index (χ2n) is 9.66. The van der Waals surface area contributed by atoms with Gasteiger partial charge in [-0.1, -0.05) is 59.1 Å². The summed E-state index contributed by atoms with van der Waals surface area (Å²) in [6.07, 6.45) is 0.272. The molecule has 0 aliphatic heterocycles. The molecule has 1 unspecified atom stereocenters. The minimum Gasteiger partial charge on any atom is -0.497 e. The van der Waals surface area contributed by atoms with E-state index in [1.165, 1.54) is 5.01 Å². The second kappa shape index (κ2) is 14.6. The van der Waals surface area contributed by atoms with Crippen molar-refractivity contribution in [1.82, 2.24) is 10.3 Å². The zero-order chi connectivity index (χ0) is 30.1. The maximum absolute atomic E-state index is 13.8. The molecule has 42 heavy (non-hydrogen) atoms. The standard InChI is InChI=1S/C33H33Cl2N3O4/c1-4-38(37-25-13-17-26(41-3)18-14-25)33(40)31(36-32(39)24-8-5-7-22(2)19-24)20-23-11-15-27(16-12-23)42-21-28-29(34)9-6-10-30(28)35/h5-19,31,37H,4,20-21H2,1-3H3,(H,36,39). The quantitative estimate of drug-likeness (QED) is 0.168. The predicted molar refractivity (Wildman–Crippen MR) is 167 cm³/mol. The molecule has 2 amide bonds. The number of hydrogen-bond acceptors (Lipinski definition) is 5. The monoisotopic (exact) mass is 605 g/mol. The average Bonchev–Trinajstić information content (AvgIpc) is 3.00. The minimum absolute atomic E-state index is 0.216. The minimum atomic E-state index is -0.836. The van der Waals surface area contributed by atoms with Crippen molar-refractivity contribution in [2.24, 2.45) is 0 Å². The van der Waals surface area contributed by atoms with Crippen molar-refractivity contribution in [3.05, 3.63) is 123 Å². The van der Waals surface area contributed by atoms with Crippen LogP contribution in [0.15, 0.2) is 91.0 Å². The fourth-order valence-corrected chi connectivity index (χ4v) is 4.82. The predicted octanol–water partition coefficient (Wildman–Crippen LogP) is 7.11. The first-order valence-corrected chi connectivity index (χ1v) is 14.3. The summed E-state index contributed by atoms with van der Waals surface area (Å²) >= 11 is 12.5. The number of nitrogens with one attached hydrogen (secondary N) is 2. The van der Waals surface area contributed by atoms with Crippen LogP contribution in [0.3, 0.4) is 0 Å². The van der Waals surface area contributed by atoms with Crippen LogP contribution in [0.25, 0.3) is 0 Å². The Bertz CT molecular complexity index is 1490. The van der Waals surface area contributed by atoms with E-state index >= 15 is 0 Å². The van der Waals surface area contributed by atoms with E-state index in [0.29, 0.717) is 39.2 Å². The number of rotatable bonds is 12. The summed E-state index contributed by atoms with van der Waals surface area (Å²) in [5.41, 5.74) is 6.87. The van der Waals surface area contributed by atoms with Gasteiger partial charge in [-0.15, -0.1) is 0 Å². The fourth-order valence-electron chi connectivity index (χ4n) is 4.31. The number of nitrogens with zero attached hydrogens (tertiary/aromatic N) is 1. The summed E-state index contributed by atoms with van der Waals surface area (Å²) in [7, 11) is 1.60. The van der Waals surface area contributed by atoms with Gasteiger partial charge in [-0.2, -0.15) is 0 Å². The first kappa shape index (κ1) is 30.8. The number of hydrazine groups is 1. The Morgan fingerprint density at radius 2 is 1.52 bits per heavy atom. The van der Waals surface area contributed by atoms with Gasteiger partial charge in [0.2, 0.25) is 0 Å². The maximum atomic E-state index is 13.8. The van der Waals surface area contributed by atoms with E-state index in [2.05, 4.69) is 10.7 Å². The summed E-state index contributed by atoms with van der Waals surface area (Å²) in [6, 6.07) is 26.4. The fraction of sp³-hybridized carbons (Fsp3) is 0.212. The van der Waals surface area contributed by atoms with Gasteiger partial charge in [0, 0.05) is 34.1 Å². The molecule has 1 atom stereocenters. The maximum Gasteiger partial charge on any atom is 0.263 e. The molecule has 4 rings (SSSR count). The molecule has 0 fully saturated rings. The number of likely N-dealkylation sites (N-methyl/N-ethyl adjacent to an activating group) is 1.